The summed E-state index contributed by atoms with van der Waals surface area (Å²) in [4.78, 5) is 23.8. The number of carboxylic acids is 1. The van der Waals surface area contributed by atoms with E-state index in [0.29, 0.717) is 25.7 Å². The quantitative estimate of drug-likeness (QED) is 0.708. The van der Waals surface area contributed by atoms with Gasteiger partial charge in [-0.2, -0.15) is 0 Å². The summed E-state index contributed by atoms with van der Waals surface area (Å²) in [5.41, 5.74) is 4.29. The highest BCUT2D eigenvalue weighted by Gasteiger charge is 2.45. The Morgan fingerprint density at radius 3 is 2.42 bits per heavy atom. The third-order valence-corrected chi connectivity index (χ3v) is 4.72. The molecule has 1 saturated carbocycles. The Morgan fingerprint density at radius 1 is 1.37 bits per heavy atom. The first-order valence-electron chi connectivity index (χ1n) is 7.13. The van der Waals surface area contributed by atoms with Gasteiger partial charge in [0.2, 0.25) is 5.91 Å². The molecule has 0 aromatic rings. The molecular weight excluding hydrogens is 244 g/mol. The number of aliphatic carboxylic acids is 1. The van der Waals surface area contributed by atoms with Crippen molar-refractivity contribution < 1.29 is 14.7 Å². The maximum Gasteiger partial charge on any atom is 0.311 e. The van der Waals surface area contributed by atoms with Crippen molar-refractivity contribution in [1.29, 1.82) is 0 Å². The molecule has 1 rings (SSSR count). The van der Waals surface area contributed by atoms with Crippen LogP contribution in [0.25, 0.3) is 0 Å². The Hall–Kier alpha value is -1.10. The van der Waals surface area contributed by atoms with Crippen LogP contribution in [0.2, 0.25) is 0 Å². The first kappa shape index (κ1) is 16.0. The van der Waals surface area contributed by atoms with Crippen LogP contribution in [0.15, 0.2) is 0 Å². The highest BCUT2D eigenvalue weighted by Crippen LogP contribution is 2.36. The van der Waals surface area contributed by atoms with Gasteiger partial charge in [0.15, 0.2) is 0 Å². The van der Waals surface area contributed by atoms with Crippen LogP contribution in [-0.2, 0) is 9.59 Å². The Labute approximate surface area is 114 Å². The molecule has 0 spiro atoms. The number of carbonyl (C=O) groups is 2. The van der Waals surface area contributed by atoms with Crippen LogP contribution >= 0.6 is 0 Å². The van der Waals surface area contributed by atoms with Gasteiger partial charge in [-0.15, -0.1) is 0 Å². The number of nitrogens with one attached hydrogen (secondary N) is 1. The van der Waals surface area contributed by atoms with E-state index in [1.165, 1.54) is 0 Å². The van der Waals surface area contributed by atoms with Gasteiger partial charge in [-0.25, -0.2) is 0 Å². The van der Waals surface area contributed by atoms with Crippen molar-refractivity contribution in [3.05, 3.63) is 0 Å². The molecule has 0 saturated heterocycles. The van der Waals surface area contributed by atoms with E-state index >= 15 is 0 Å². The van der Waals surface area contributed by atoms with E-state index in [2.05, 4.69) is 5.32 Å². The smallest absolute Gasteiger partial charge is 0.311 e. The van der Waals surface area contributed by atoms with Gasteiger partial charge < -0.3 is 16.2 Å². The van der Waals surface area contributed by atoms with Crippen molar-refractivity contribution in [1.82, 2.24) is 5.32 Å². The largest absolute Gasteiger partial charge is 0.481 e. The maximum absolute atomic E-state index is 12.3. The standard InChI is InChI=1S/C14H26N2O3/c1-4-14(15,5-2)11(17)16-10-8-6-7-9-13(10,3)12(18)19/h10H,4-9,15H2,1-3H3,(H,16,17)(H,18,19). The van der Waals surface area contributed by atoms with Crippen LogP contribution in [0, 0.1) is 5.41 Å². The van der Waals surface area contributed by atoms with E-state index in [9.17, 15) is 14.7 Å². The predicted molar refractivity (Wildman–Crippen MR) is 73.6 cm³/mol. The second-order valence-electron chi connectivity index (χ2n) is 5.86. The van der Waals surface area contributed by atoms with Crippen LogP contribution < -0.4 is 11.1 Å². The van der Waals surface area contributed by atoms with E-state index < -0.39 is 16.9 Å². The van der Waals surface area contributed by atoms with Crippen molar-refractivity contribution in [2.45, 2.75) is 70.9 Å². The van der Waals surface area contributed by atoms with E-state index in [1.54, 1.807) is 6.92 Å². The summed E-state index contributed by atoms with van der Waals surface area (Å²) in [5.74, 6) is -1.06. The molecule has 2 unspecified atom stereocenters. The van der Waals surface area contributed by atoms with Gasteiger partial charge >= 0.3 is 5.97 Å². The predicted octanol–water partition coefficient (Wildman–Crippen LogP) is 1.65. The third kappa shape index (κ3) is 3.08. The lowest BCUT2D eigenvalue weighted by Crippen LogP contribution is -2.60. The fraction of sp³-hybridized carbons (Fsp3) is 0.857. The van der Waals surface area contributed by atoms with E-state index in [0.717, 1.165) is 12.8 Å². The molecule has 0 bridgehead atoms. The molecule has 0 aliphatic heterocycles. The minimum Gasteiger partial charge on any atom is -0.481 e. The maximum atomic E-state index is 12.3. The zero-order chi connectivity index (χ0) is 14.7. The fourth-order valence-electron chi connectivity index (χ4n) is 2.69. The van der Waals surface area contributed by atoms with Crippen LogP contribution in [0.4, 0.5) is 0 Å². The van der Waals surface area contributed by atoms with Crippen molar-refractivity contribution in [2.24, 2.45) is 11.1 Å². The molecule has 5 nitrogen and oxygen atoms in total. The number of hydrogen-bond donors (Lipinski definition) is 3. The lowest BCUT2D eigenvalue weighted by atomic mass is 9.71. The molecular formula is C14H26N2O3. The summed E-state index contributed by atoms with van der Waals surface area (Å²) in [6.45, 7) is 5.47. The highest BCUT2D eigenvalue weighted by atomic mass is 16.4. The molecule has 110 valence electrons. The molecule has 4 N–H and O–H groups in total. The molecule has 0 aromatic heterocycles. The fourth-order valence-corrected chi connectivity index (χ4v) is 2.69. The van der Waals surface area contributed by atoms with Gasteiger partial charge in [-0.1, -0.05) is 26.7 Å². The second-order valence-corrected chi connectivity index (χ2v) is 5.86. The Kier molecular flexibility index (Phi) is 4.96. The lowest BCUT2D eigenvalue weighted by molar-refractivity contribution is -0.152. The number of nitrogens with two attached hydrogens (primary N) is 1. The van der Waals surface area contributed by atoms with Crippen LogP contribution in [0.3, 0.4) is 0 Å². The highest BCUT2D eigenvalue weighted by molar-refractivity contribution is 5.87. The topological polar surface area (TPSA) is 92.4 Å². The molecule has 5 heteroatoms. The van der Waals surface area contributed by atoms with Gasteiger partial charge in [-0.05, 0) is 32.6 Å². The minimum absolute atomic E-state index is 0.225. The molecule has 0 radical (unpaired) electrons. The van der Waals surface area contributed by atoms with Crippen LogP contribution in [0.5, 0.6) is 0 Å². The SMILES string of the molecule is CCC(N)(CC)C(=O)NC1CCCCC1(C)C(=O)O. The summed E-state index contributed by atoms with van der Waals surface area (Å²) < 4.78 is 0. The average molecular weight is 270 g/mol. The molecule has 1 fully saturated rings. The van der Waals surface area contributed by atoms with Crippen LogP contribution in [-0.4, -0.2) is 28.6 Å². The number of rotatable bonds is 5. The first-order valence-corrected chi connectivity index (χ1v) is 7.13. The van der Waals surface area contributed by atoms with Crippen molar-refractivity contribution in [3.8, 4) is 0 Å². The Bertz CT molecular complexity index is 353. The summed E-state index contributed by atoms with van der Waals surface area (Å²) in [6.07, 6.45) is 4.24. The van der Waals surface area contributed by atoms with Crippen molar-refractivity contribution in [3.63, 3.8) is 0 Å². The molecule has 1 amide bonds. The molecule has 19 heavy (non-hydrogen) atoms. The molecule has 0 heterocycles. The second kappa shape index (κ2) is 5.90. The van der Waals surface area contributed by atoms with Crippen molar-refractivity contribution >= 4 is 11.9 Å². The molecule has 2 atom stereocenters. The summed E-state index contributed by atoms with van der Waals surface area (Å²) in [7, 11) is 0. The number of carbonyl (C=O) groups excluding carboxylic acids is 1. The third-order valence-electron chi connectivity index (χ3n) is 4.72. The van der Waals surface area contributed by atoms with E-state index in [1.807, 2.05) is 13.8 Å². The Morgan fingerprint density at radius 2 is 1.95 bits per heavy atom. The van der Waals surface area contributed by atoms with Crippen molar-refractivity contribution in [2.75, 3.05) is 0 Å². The Balaban J connectivity index is 2.84. The number of amides is 1. The molecule has 1 aliphatic rings. The number of carboxylic acid groups (broad SMARTS) is 1. The van der Waals surface area contributed by atoms with E-state index in [-0.39, 0.29) is 11.9 Å². The lowest BCUT2D eigenvalue weighted by Gasteiger charge is -2.40. The monoisotopic (exact) mass is 270 g/mol. The zero-order valence-electron chi connectivity index (χ0n) is 12.2. The number of hydrogen-bond acceptors (Lipinski definition) is 3. The average Bonchev–Trinajstić information content (AvgIpc) is 2.40. The van der Waals surface area contributed by atoms with Crippen LogP contribution in [0.1, 0.15) is 59.3 Å². The molecule has 1 aliphatic carbocycles. The van der Waals surface area contributed by atoms with Gasteiger partial charge in [-0.3, -0.25) is 9.59 Å². The van der Waals surface area contributed by atoms with E-state index in [4.69, 9.17) is 5.73 Å². The van der Waals surface area contributed by atoms with Gasteiger partial charge in [0, 0.05) is 6.04 Å². The summed E-state index contributed by atoms with van der Waals surface area (Å²) >= 11 is 0. The van der Waals surface area contributed by atoms with Gasteiger partial charge in [0.05, 0.1) is 11.0 Å². The molecule has 0 aromatic carbocycles. The normalized spacial score (nSPS) is 27.9. The summed E-state index contributed by atoms with van der Waals surface area (Å²) in [6, 6.07) is -0.327. The van der Waals surface area contributed by atoms with Gasteiger partial charge in [0.25, 0.3) is 0 Å². The first-order chi connectivity index (χ1) is 8.80. The zero-order valence-corrected chi connectivity index (χ0v) is 12.2. The summed E-state index contributed by atoms with van der Waals surface area (Å²) in [5, 5.41) is 12.3. The van der Waals surface area contributed by atoms with Gasteiger partial charge in [0.1, 0.15) is 0 Å². The minimum atomic E-state index is -0.892.